The van der Waals surface area contributed by atoms with Gasteiger partial charge in [-0.1, -0.05) is 18.2 Å². The van der Waals surface area contributed by atoms with Gasteiger partial charge in [0.15, 0.2) is 0 Å². The molecule has 0 bridgehead atoms. The highest BCUT2D eigenvalue weighted by atomic mass is 32.2. The summed E-state index contributed by atoms with van der Waals surface area (Å²) in [5, 5.41) is 0.707. The molecule has 1 aliphatic heterocycles. The minimum Gasteiger partial charge on any atom is -0.337 e. The lowest BCUT2D eigenvalue weighted by molar-refractivity contribution is 0.0972. The molecule has 2 heterocycles. The van der Waals surface area contributed by atoms with Gasteiger partial charge in [0.1, 0.15) is 5.69 Å². The predicted molar refractivity (Wildman–Crippen MR) is 99.2 cm³/mol. The summed E-state index contributed by atoms with van der Waals surface area (Å²) in [7, 11) is -4.29. The zero-order valence-electron chi connectivity index (χ0n) is 14.2. The molecule has 0 radical (unpaired) electrons. The summed E-state index contributed by atoms with van der Waals surface area (Å²) in [6.45, 7) is 3.06. The number of aryl methyl sites for hydroxylation is 1. The minimum atomic E-state index is -4.29. The first-order chi connectivity index (χ1) is 12.4. The number of nitrogens with zero attached hydrogens (tertiary/aromatic N) is 2. The molecule has 1 N–H and O–H groups in total. The molecule has 0 unspecified atom stereocenters. The first kappa shape index (κ1) is 16.8. The number of para-hydroxylation sites is 1. The van der Waals surface area contributed by atoms with Gasteiger partial charge in [-0.2, -0.15) is 8.42 Å². The lowest BCUT2D eigenvalue weighted by Gasteiger charge is -2.28. The molecule has 1 aliphatic rings. The van der Waals surface area contributed by atoms with E-state index in [4.69, 9.17) is 0 Å². The highest BCUT2D eigenvalue weighted by molar-refractivity contribution is 7.85. The second-order valence-electron chi connectivity index (χ2n) is 6.27. The zero-order valence-corrected chi connectivity index (χ0v) is 15.0. The molecule has 1 aromatic heterocycles. The van der Waals surface area contributed by atoms with Gasteiger partial charge in [-0.15, -0.1) is 0 Å². The molecule has 0 fully saturated rings. The molecule has 7 heteroatoms. The Kier molecular flexibility index (Phi) is 3.86. The number of benzene rings is 2. The van der Waals surface area contributed by atoms with E-state index in [9.17, 15) is 17.8 Å². The van der Waals surface area contributed by atoms with Crippen molar-refractivity contribution >= 4 is 32.6 Å². The Labute approximate surface area is 151 Å². The van der Waals surface area contributed by atoms with Crippen LogP contribution in [-0.2, 0) is 23.1 Å². The molecule has 26 heavy (non-hydrogen) atoms. The van der Waals surface area contributed by atoms with Gasteiger partial charge >= 0.3 is 0 Å². The maximum absolute atomic E-state index is 13.2. The van der Waals surface area contributed by atoms with E-state index < -0.39 is 10.1 Å². The van der Waals surface area contributed by atoms with Gasteiger partial charge in [0, 0.05) is 29.7 Å². The lowest BCUT2D eigenvalue weighted by Crippen LogP contribution is -2.38. The fraction of sp³-hybridized carbons (Fsp3) is 0.211. The number of rotatable bonds is 3. The zero-order chi connectivity index (χ0) is 18.5. The third-order valence-electron chi connectivity index (χ3n) is 4.85. The Balaban J connectivity index is 1.92. The summed E-state index contributed by atoms with van der Waals surface area (Å²) in [5.41, 5.74) is 3.07. The van der Waals surface area contributed by atoms with Gasteiger partial charge in [0.2, 0.25) is 0 Å². The summed E-state index contributed by atoms with van der Waals surface area (Å²) in [6, 6.07) is 14.0. The maximum Gasteiger partial charge on any atom is 0.294 e. The Bertz CT molecular complexity index is 1120. The highest BCUT2D eigenvalue weighted by Gasteiger charge is 2.31. The fourth-order valence-electron chi connectivity index (χ4n) is 3.70. The van der Waals surface area contributed by atoms with E-state index in [1.54, 1.807) is 11.0 Å². The normalized spacial score (nSPS) is 14.7. The van der Waals surface area contributed by atoms with Crippen molar-refractivity contribution in [1.82, 2.24) is 4.57 Å². The van der Waals surface area contributed by atoms with E-state index in [1.165, 1.54) is 12.1 Å². The third kappa shape index (κ3) is 2.51. The van der Waals surface area contributed by atoms with Crippen molar-refractivity contribution in [3.05, 3.63) is 59.8 Å². The Morgan fingerprint density at radius 2 is 1.85 bits per heavy atom. The molecule has 134 valence electrons. The van der Waals surface area contributed by atoms with Crippen molar-refractivity contribution in [2.75, 3.05) is 11.4 Å². The van der Waals surface area contributed by atoms with Gasteiger partial charge in [0.25, 0.3) is 16.0 Å². The number of fused-ring (bicyclic) bond motifs is 3. The summed E-state index contributed by atoms with van der Waals surface area (Å²) in [6.07, 6.45) is 0.619. The third-order valence-corrected chi connectivity index (χ3v) is 5.70. The fourth-order valence-corrected chi connectivity index (χ4v) is 4.20. The van der Waals surface area contributed by atoms with Crippen LogP contribution in [0, 0.1) is 0 Å². The molecule has 0 spiro atoms. The van der Waals surface area contributed by atoms with Crippen LogP contribution in [0.5, 0.6) is 0 Å². The van der Waals surface area contributed by atoms with Crippen LogP contribution in [0.4, 0.5) is 5.69 Å². The van der Waals surface area contributed by atoms with Crippen molar-refractivity contribution in [3.8, 4) is 0 Å². The second-order valence-corrected chi connectivity index (χ2v) is 7.69. The Hall–Kier alpha value is -2.64. The van der Waals surface area contributed by atoms with E-state index >= 15 is 0 Å². The van der Waals surface area contributed by atoms with Crippen LogP contribution in [0.15, 0.2) is 53.4 Å². The number of hydrogen-bond acceptors (Lipinski definition) is 3. The molecule has 0 atom stereocenters. The molecule has 4 rings (SSSR count). The Morgan fingerprint density at radius 1 is 1.12 bits per heavy atom. The first-order valence-corrected chi connectivity index (χ1v) is 9.85. The predicted octanol–water partition coefficient (Wildman–Crippen LogP) is 3.11. The van der Waals surface area contributed by atoms with Crippen LogP contribution in [0.3, 0.4) is 0 Å². The number of carbonyl (C=O) groups is 1. The van der Waals surface area contributed by atoms with E-state index in [-0.39, 0.29) is 10.8 Å². The van der Waals surface area contributed by atoms with Crippen LogP contribution in [-0.4, -0.2) is 30.0 Å². The van der Waals surface area contributed by atoms with Crippen molar-refractivity contribution in [1.29, 1.82) is 0 Å². The van der Waals surface area contributed by atoms with E-state index in [0.717, 1.165) is 16.8 Å². The topological polar surface area (TPSA) is 79.6 Å². The standard InChI is InChI=1S/C19H18N2O4S/c1-2-20-17-9-8-14(26(23,24)25)12-16(17)15-10-11-21(19(22)18(15)20)13-6-4-3-5-7-13/h3-9,12H,2,10-11H2,1H3,(H,23,24,25). The smallest absolute Gasteiger partial charge is 0.294 e. The van der Waals surface area contributed by atoms with Crippen LogP contribution in [0.25, 0.3) is 10.9 Å². The first-order valence-electron chi connectivity index (χ1n) is 8.41. The molecular weight excluding hydrogens is 352 g/mol. The summed E-state index contributed by atoms with van der Waals surface area (Å²) >= 11 is 0. The SMILES string of the molecule is CCn1c2c(c3cc(S(=O)(=O)O)ccc31)CCN(c1ccccc1)C2=O. The van der Waals surface area contributed by atoms with Crippen molar-refractivity contribution in [2.45, 2.75) is 24.8 Å². The Morgan fingerprint density at radius 3 is 2.50 bits per heavy atom. The van der Waals surface area contributed by atoms with Crippen molar-refractivity contribution in [3.63, 3.8) is 0 Å². The van der Waals surface area contributed by atoms with Crippen LogP contribution in [0.1, 0.15) is 23.0 Å². The highest BCUT2D eigenvalue weighted by Crippen LogP contribution is 2.34. The summed E-state index contributed by atoms with van der Waals surface area (Å²) < 4.78 is 34.3. The van der Waals surface area contributed by atoms with Gasteiger partial charge in [-0.05, 0) is 49.2 Å². The van der Waals surface area contributed by atoms with Crippen molar-refractivity contribution < 1.29 is 17.8 Å². The van der Waals surface area contributed by atoms with E-state index in [2.05, 4.69) is 0 Å². The van der Waals surface area contributed by atoms with Crippen LogP contribution >= 0.6 is 0 Å². The van der Waals surface area contributed by atoms with Crippen LogP contribution < -0.4 is 4.90 Å². The molecule has 0 aliphatic carbocycles. The molecule has 6 nitrogen and oxygen atoms in total. The van der Waals surface area contributed by atoms with Gasteiger partial charge < -0.3 is 9.47 Å². The molecule has 2 aromatic carbocycles. The number of anilines is 1. The monoisotopic (exact) mass is 370 g/mol. The van der Waals surface area contributed by atoms with Crippen LogP contribution in [0.2, 0.25) is 0 Å². The maximum atomic E-state index is 13.2. The van der Waals surface area contributed by atoms with Crippen molar-refractivity contribution in [2.24, 2.45) is 0 Å². The average Bonchev–Trinajstić information content (AvgIpc) is 2.96. The minimum absolute atomic E-state index is 0.0936. The quantitative estimate of drug-likeness (QED) is 0.719. The molecule has 0 saturated carbocycles. The lowest BCUT2D eigenvalue weighted by atomic mass is 10.0. The second kappa shape index (κ2) is 5.96. The average molecular weight is 370 g/mol. The van der Waals surface area contributed by atoms with Gasteiger partial charge in [-0.3, -0.25) is 9.35 Å². The number of hydrogen-bond donors (Lipinski definition) is 1. The van der Waals surface area contributed by atoms with E-state index in [1.807, 2.05) is 41.8 Å². The molecule has 3 aromatic rings. The molecular formula is C19H18N2O4S. The number of aromatic nitrogens is 1. The number of carbonyl (C=O) groups excluding carboxylic acids is 1. The molecule has 1 amide bonds. The van der Waals surface area contributed by atoms with Gasteiger partial charge in [-0.25, -0.2) is 0 Å². The molecule has 0 saturated heterocycles. The largest absolute Gasteiger partial charge is 0.337 e. The van der Waals surface area contributed by atoms with Gasteiger partial charge in [0.05, 0.1) is 4.90 Å². The van der Waals surface area contributed by atoms with E-state index in [0.29, 0.717) is 30.6 Å². The summed E-state index contributed by atoms with van der Waals surface area (Å²) in [4.78, 5) is 14.8. The summed E-state index contributed by atoms with van der Waals surface area (Å²) in [5.74, 6) is -0.0936. The number of amides is 1.